The fraction of sp³-hybridized carbons (Fsp3) is 0.333. The number of benzene rings is 1. The summed E-state index contributed by atoms with van der Waals surface area (Å²) in [4.78, 5) is 10.7. The lowest BCUT2D eigenvalue weighted by Gasteiger charge is -2.13. The van der Waals surface area contributed by atoms with E-state index in [0.29, 0.717) is 13.0 Å². The Morgan fingerprint density at radius 1 is 1.48 bits per heavy atom. The zero-order chi connectivity index (χ0) is 15.2. The second-order valence-electron chi connectivity index (χ2n) is 5.06. The lowest BCUT2D eigenvalue weighted by atomic mass is 10.1. The molecule has 1 aromatic carbocycles. The first kappa shape index (κ1) is 15.4. The van der Waals surface area contributed by atoms with Gasteiger partial charge in [0.15, 0.2) is 0 Å². The molecule has 112 valence electrons. The molecule has 0 spiro atoms. The Balaban J connectivity index is 1.87. The van der Waals surface area contributed by atoms with Gasteiger partial charge in [-0.1, -0.05) is 23.7 Å². The Bertz CT molecular complexity index is 611. The third kappa shape index (κ3) is 5.11. The molecule has 3 N–H and O–H groups in total. The highest BCUT2D eigenvalue weighted by molar-refractivity contribution is 6.30. The largest absolute Gasteiger partial charge is 0.370 e. The number of carbonyl (C=O) groups is 1. The zero-order valence-corrected chi connectivity index (χ0v) is 12.7. The molecule has 1 aromatic heterocycles. The number of nitrogens with two attached hydrogens (primary N) is 1. The fourth-order valence-corrected chi connectivity index (χ4v) is 2.32. The molecule has 6 heteroatoms. The average Bonchev–Trinajstić information content (AvgIpc) is 2.83. The standard InChI is InChI=1S/C15H19ClN4O/c1-11(9-12-3-2-4-13(16)10-12)18-15-6-8-20(19-15)7-5-14(17)21/h2-4,6,8,10-11H,5,7,9H2,1H3,(H2,17,21)(H,18,19). The van der Waals surface area contributed by atoms with E-state index in [1.807, 2.05) is 30.5 Å². The molecular weight excluding hydrogens is 288 g/mol. The maximum atomic E-state index is 10.7. The van der Waals surface area contributed by atoms with E-state index in [-0.39, 0.29) is 11.9 Å². The Morgan fingerprint density at radius 3 is 3.00 bits per heavy atom. The summed E-state index contributed by atoms with van der Waals surface area (Å²) >= 11 is 5.98. The highest BCUT2D eigenvalue weighted by atomic mass is 35.5. The summed E-state index contributed by atoms with van der Waals surface area (Å²) in [5.41, 5.74) is 6.30. The van der Waals surface area contributed by atoms with Gasteiger partial charge in [-0.05, 0) is 31.0 Å². The van der Waals surface area contributed by atoms with Crippen molar-refractivity contribution in [1.82, 2.24) is 9.78 Å². The molecule has 2 rings (SSSR count). The number of anilines is 1. The van der Waals surface area contributed by atoms with E-state index in [0.717, 1.165) is 17.3 Å². The van der Waals surface area contributed by atoms with E-state index in [4.69, 9.17) is 17.3 Å². The van der Waals surface area contributed by atoms with Gasteiger partial charge in [-0.15, -0.1) is 0 Å². The van der Waals surface area contributed by atoms with Crippen LogP contribution in [0.1, 0.15) is 18.9 Å². The Labute approximate surface area is 129 Å². The van der Waals surface area contributed by atoms with Gasteiger partial charge in [0.2, 0.25) is 5.91 Å². The summed E-state index contributed by atoms with van der Waals surface area (Å²) < 4.78 is 1.71. The number of hydrogen-bond acceptors (Lipinski definition) is 3. The molecule has 1 unspecified atom stereocenters. The SMILES string of the molecule is CC(Cc1cccc(Cl)c1)Nc1ccn(CCC(N)=O)n1. The minimum absolute atomic E-state index is 0.225. The van der Waals surface area contributed by atoms with Crippen molar-refractivity contribution in [3.8, 4) is 0 Å². The van der Waals surface area contributed by atoms with Gasteiger partial charge in [0.25, 0.3) is 0 Å². The Hall–Kier alpha value is -2.01. The van der Waals surface area contributed by atoms with Gasteiger partial charge < -0.3 is 11.1 Å². The molecule has 0 saturated heterocycles. The molecule has 0 fully saturated rings. The molecule has 1 heterocycles. The molecule has 5 nitrogen and oxygen atoms in total. The van der Waals surface area contributed by atoms with Gasteiger partial charge in [-0.25, -0.2) is 0 Å². The quantitative estimate of drug-likeness (QED) is 0.825. The van der Waals surface area contributed by atoms with Crippen molar-refractivity contribution in [1.29, 1.82) is 0 Å². The third-order valence-electron chi connectivity index (χ3n) is 3.05. The van der Waals surface area contributed by atoms with Crippen molar-refractivity contribution in [3.05, 3.63) is 47.1 Å². The summed E-state index contributed by atoms with van der Waals surface area (Å²) in [6, 6.07) is 9.94. The highest BCUT2D eigenvalue weighted by Gasteiger charge is 2.07. The molecule has 21 heavy (non-hydrogen) atoms. The number of aryl methyl sites for hydroxylation is 1. The number of aromatic nitrogens is 2. The van der Waals surface area contributed by atoms with Crippen LogP contribution < -0.4 is 11.1 Å². The van der Waals surface area contributed by atoms with E-state index in [2.05, 4.69) is 23.4 Å². The predicted molar refractivity (Wildman–Crippen MR) is 84.3 cm³/mol. The van der Waals surface area contributed by atoms with E-state index >= 15 is 0 Å². The Kier molecular flexibility index (Phi) is 5.22. The number of carbonyl (C=O) groups excluding carboxylic acids is 1. The van der Waals surface area contributed by atoms with Gasteiger partial charge in [0, 0.05) is 36.3 Å². The van der Waals surface area contributed by atoms with Crippen LogP contribution in [-0.4, -0.2) is 21.7 Å². The van der Waals surface area contributed by atoms with Crippen LogP contribution >= 0.6 is 11.6 Å². The molecular formula is C15H19ClN4O. The van der Waals surface area contributed by atoms with Crippen LogP contribution in [0.3, 0.4) is 0 Å². The molecule has 1 atom stereocenters. The van der Waals surface area contributed by atoms with Crippen LogP contribution in [0.15, 0.2) is 36.5 Å². The maximum absolute atomic E-state index is 10.7. The summed E-state index contributed by atoms with van der Waals surface area (Å²) in [6.45, 7) is 2.59. The van der Waals surface area contributed by atoms with E-state index < -0.39 is 0 Å². The summed E-state index contributed by atoms with van der Waals surface area (Å²) in [5.74, 6) is 0.461. The van der Waals surface area contributed by atoms with Crippen molar-refractivity contribution >= 4 is 23.3 Å². The number of nitrogens with zero attached hydrogens (tertiary/aromatic N) is 2. The second kappa shape index (κ2) is 7.13. The van der Waals surface area contributed by atoms with Crippen LogP contribution in [-0.2, 0) is 17.8 Å². The van der Waals surface area contributed by atoms with Crippen LogP contribution in [0.5, 0.6) is 0 Å². The fourth-order valence-electron chi connectivity index (χ4n) is 2.11. The van der Waals surface area contributed by atoms with Crippen molar-refractivity contribution in [2.75, 3.05) is 5.32 Å². The zero-order valence-electron chi connectivity index (χ0n) is 11.9. The molecule has 0 aliphatic rings. The third-order valence-corrected chi connectivity index (χ3v) is 3.29. The minimum Gasteiger partial charge on any atom is -0.370 e. The first-order chi connectivity index (χ1) is 10.0. The van der Waals surface area contributed by atoms with Crippen molar-refractivity contribution in [3.63, 3.8) is 0 Å². The molecule has 0 aliphatic heterocycles. The monoisotopic (exact) mass is 306 g/mol. The van der Waals surface area contributed by atoms with Gasteiger partial charge in [-0.3, -0.25) is 9.48 Å². The molecule has 2 aromatic rings. The number of nitrogens with one attached hydrogen (secondary N) is 1. The van der Waals surface area contributed by atoms with Crippen molar-refractivity contribution < 1.29 is 4.79 Å². The minimum atomic E-state index is -0.325. The topological polar surface area (TPSA) is 72.9 Å². The lowest BCUT2D eigenvalue weighted by Crippen LogP contribution is -2.19. The normalized spacial score (nSPS) is 12.1. The van der Waals surface area contributed by atoms with Crippen LogP contribution in [0.25, 0.3) is 0 Å². The van der Waals surface area contributed by atoms with Crippen LogP contribution in [0.2, 0.25) is 5.02 Å². The summed E-state index contributed by atoms with van der Waals surface area (Å²) in [6.07, 6.45) is 2.98. The van der Waals surface area contributed by atoms with Gasteiger partial charge in [-0.2, -0.15) is 5.10 Å². The Morgan fingerprint density at radius 2 is 2.29 bits per heavy atom. The molecule has 1 amide bonds. The first-order valence-corrected chi connectivity index (χ1v) is 7.23. The summed E-state index contributed by atoms with van der Waals surface area (Å²) in [5, 5.41) is 8.43. The van der Waals surface area contributed by atoms with Gasteiger partial charge in [0.05, 0.1) is 0 Å². The number of amides is 1. The number of halogens is 1. The average molecular weight is 307 g/mol. The molecule has 0 aliphatic carbocycles. The van der Waals surface area contributed by atoms with Crippen molar-refractivity contribution in [2.24, 2.45) is 5.73 Å². The lowest BCUT2D eigenvalue weighted by molar-refractivity contribution is -0.118. The number of hydrogen-bond donors (Lipinski definition) is 2. The summed E-state index contributed by atoms with van der Waals surface area (Å²) in [7, 11) is 0. The van der Waals surface area contributed by atoms with Crippen LogP contribution in [0.4, 0.5) is 5.82 Å². The van der Waals surface area contributed by atoms with E-state index in [1.165, 1.54) is 5.56 Å². The predicted octanol–water partition coefficient (Wildman–Crippen LogP) is 2.45. The maximum Gasteiger partial charge on any atom is 0.219 e. The second-order valence-corrected chi connectivity index (χ2v) is 5.50. The van der Waals surface area contributed by atoms with Gasteiger partial charge in [0.1, 0.15) is 5.82 Å². The first-order valence-electron chi connectivity index (χ1n) is 6.85. The molecule has 0 bridgehead atoms. The van der Waals surface area contributed by atoms with Gasteiger partial charge >= 0.3 is 0 Å². The number of rotatable bonds is 7. The van der Waals surface area contributed by atoms with Crippen molar-refractivity contribution in [2.45, 2.75) is 32.4 Å². The molecule has 0 saturated carbocycles. The highest BCUT2D eigenvalue weighted by Crippen LogP contribution is 2.14. The van der Waals surface area contributed by atoms with E-state index in [1.54, 1.807) is 4.68 Å². The smallest absolute Gasteiger partial charge is 0.219 e. The van der Waals surface area contributed by atoms with Crippen LogP contribution in [0, 0.1) is 0 Å². The number of primary amides is 1. The van der Waals surface area contributed by atoms with E-state index in [9.17, 15) is 4.79 Å². The molecule has 0 radical (unpaired) electrons.